The highest BCUT2D eigenvalue weighted by atomic mass is 127. The number of nitrogens with zero attached hydrogens (tertiary/aromatic N) is 2. The molecule has 0 radical (unpaired) electrons. The molecule has 148 valence electrons. The van der Waals surface area contributed by atoms with Crippen molar-refractivity contribution in [3.05, 3.63) is 30.3 Å². The maximum absolute atomic E-state index is 12.3. The van der Waals surface area contributed by atoms with Crippen LogP contribution >= 0.6 is 24.0 Å². The minimum atomic E-state index is -3.37. The molecule has 1 aromatic rings. The van der Waals surface area contributed by atoms with Gasteiger partial charge in [0.2, 0.25) is 0 Å². The minimum Gasteiger partial charge on any atom is -0.355 e. The van der Waals surface area contributed by atoms with E-state index >= 15 is 0 Å². The maximum atomic E-state index is 12.3. The smallest absolute Gasteiger partial charge is 0.193 e. The van der Waals surface area contributed by atoms with Crippen molar-refractivity contribution in [3.8, 4) is 0 Å². The van der Waals surface area contributed by atoms with Crippen LogP contribution < -0.4 is 5.32 Å². The zero-order valence-corrected chi connectivity index (χ0v) is 19.1. The molecule has 1 aromatic carbocycles. The Kier molecular flexibility index (Phi) is 7.90. The Morgan fingerprint density at radius 3 is 2.42 bits per heavy atom. The van der Waals surface area contributed by atoms with Crippen molar-refractivity contribution in [1.82, 2.24) is 10.2 Å². The van der Waals surface area contributed by atoms with Crippen LogP contribution in [0.15, 0.2) is 40.2 Å². The largest absolute Gasteiger partial charge is 0.355 e. The Balaban J connectivity index is 0.00000338. The summed E-state index contributed by atoms with van der Waals surface area (Å²) in [6.07, 6.45) is 0. The van der Waals surface area contributed by atoms with Gasteiger partial charge in [0.25, 0.3) is 0 Å². The first-order chi connectivity index (χ1) is 11.6. The monoisotopic (exact) mass is 515 g/mol. The molecule has 1 aliphatic rings. The first-order valence-electron chi connectivity index (χ1n) is 8.05. The zero-order valence-electron chi connectivity index (χ0n) is 15.2. The normalized spacial score (nSPS) is 19.5. The molecule has 10 heteroatoms. The highest BCUT2D eigenvalue weighted by molar-refractivity contribution is 14.0. The summed E-state index contributed by atoms with van der Waals surface area (Å²) in [5, 5.41) is 3.03. The van der Waals surface area contributed by atoms with Gasteiger partial charge in [-0.1, -0.05) is 18.2 Å². The molecular weight excluding hydrogens is 489 g/mol. The Labute approximate surface area is 173 Å². The van der Waals surface area contributed by atoms with Gasteiger partial charge in [0, 0.05) is 26.7 Å². The first kappa shape index (κ1) is 23.2. The van der Waals surface area contributed by atoms with Gasteiger partial charge in [-0.25, -0.2) is 16.8 Å². The molecule has 0 atom stereocenters. The van der Waals surface area contributed by atoms with E-state index in [-0.39, 0.29) is 46.9 Å². The molecule has 1 N–H and O–H groups in total. The van der Waals surface area contributed by atoms with Gasteiger partial charge in [0.05, 0.1) is 21.1 Å². The van der Waals surface area contributed by atoms with Gasteiger partial charge in [-0.3, -0.25) is 4.99 Å². The molecule has 2 rings (SSSR count). The molecule has 0 saturated carbocycles. The number of halogens is 1. The molecule has 0 spiro atoms. The van der Waals surface area contributed by atoms with E-state index in [0.29, 0.717) is 19.0 Å². The lowest BCUT2D eigenvalue weighted by molar-refractivity contribution is 0.354. The maximum Gasteiger partial charge on any atom is 0.193 e. The first-order valence-corrected chi connectivity index (χ1v) is 11.4. The molecule has 0 unspecified atom stereocenters. The third-order valence-electron chi connectivity index (χ3n) is 4.31. The number of hydrogen-bond acceptors (Lipinski definition) is 5. The second-order valence-corrected chi connectivity index (χ2v) is 11.5. The fourth-order valence-corrected chi connectivity index (χ4v) is 5.24. The van der Waals surface area contributed by atoms with Gasteiger partial charge in [-0.2, -0.15) is 0 Å². The van der Waals surface area contributed by atoms with Crippen LogP contribution in [0, 0.1) is 0 Å². The summed E-state index contributed by atoms with van der Waals surface area (Å²) < 4.78 is 47.9. The van der Waals surface area contributed by atoms with Crippen LogP contribution in [-0.2, 0) is 19.7 Å². The van der Waals surface area contributed by atoms with Crippen molar-refractivity contribution in [1.29, 1.82) is 0 Å². The molecule has 0 amide bonds. The molecular formula is C16H26IN3O4S2. The summed E-state index contributed by atoms with van der Waals surface area (Å²) >= 11 is 0. The molecule has 0 bridgehead atoms. The lowest BCUT2D eigenvalue weighted by atomic mass is 10.2. The van der Waals surface area contributed by atoms with Crippen molar-refractivity contribution < 1.29 is 16.8 Å². The Morgan fingerprint density at radius 2 is 1.88 bits per heavy atom. The lowest BCUT2D eigenvalue weighted by Gasteiger charge is -2.39. The van der Waals surface area contributed by atoms with E-state index in [4.69, 9.17) is 0 Å². The van der Waals surface area contributed by atoms with Gasteiger partial charge in [0.15, 0.2) is 25.6 Å². The molecule has 1 fully saturated rings. The number of hydrogen-bond donors (Lipinski definition) is 1. The van der Waals surface area contributed by atoms with Gasteiger partial charge >= 0.3 is 0 Å². The number of guanidine groups is 1. The molecule has 0 aliphatic carbocycles. The fraction of sp³-hybridized carbons (Fsp3) is 0.562. The Hall–Kier alpha value is -0.880. The second kappa shape index (κ2) is 8.87. The van der Waals surface area contributed by atoms with E-state index in [2.05, 4.69) is 10.3 Å². The van der Waals surface area contributed by atoms with Crippen LogP contribution in [-0.4, -0.2) is 70.6 Å². The van der Waals surface area contributed by atoms with Crippen LogP contribution in [0.5, 0.6) is 0 Å². The topological polar surface area (TPSA) is 95.9 Å². The molecule has 1 aliphatic heterocycles. The van der Waals surface area contributed by atoms with Crippen molar-refractivity contribution in [2.45, 2.75) is 23.5 Å². The van der Waals surface area contributed by atoms with Gasteiger partial charge in [-0.15, -0.1) is 24.0 Å². The molecule has 0 aromatic heterocycles. The Morgan fingerprint density at radius 1 is 1.27 bits per heavy atom. The number of benzene rings is 1. The quantitative estimate of drug-likeness (QED) is 0.368. The second-order valence-electron chi connectivity index (χ2n) is 6.61. The van der Waals surface area contributed by atoms with Gasteiger partial charge < -0.3 is 10.2 Å². The van der Waals surface area contributed by atoms with Crippen molar-refractivity contribution >= 4 is 49.6 Å². The highest BCUT2D eigenvalue weighted by Crippen LogP contribution is 2.23. The zero-order chi connectivity index (χ0) is 18.7. The van der Waals surface area contributed by atoms with E-state index in [1.54, 1.807) is 51.2 Å². The van der Waals surface area contributed by atoms with Crippen LogP contribution in [0.3, 0.4) is 0 Å². The summed E-state index contributed by atoms with van der Waals surface area (Å²) in [6.45, 7) is 4.26. The predicted molar refractivity (Wildman–Crippen MR) is 115 cm³/mol. The van der Waals surface area contributed by atoms with Crippen molar-refractivity contribution in [2.75, 3.05) is 38.2 Å². The number of aliphatic imine (C=N–C) groups is 1. The molecule has 7 nitrogen and oxygen atoms in total. The van der Waals surface area contributed by atoms with Crippen LogP contribution in [0.1, 0.15) is 13.8 Å². The third kappa shape index (κ3) is 5.32. The van der Waals surface area contributed by atoms with Crippen LogP contribution in [0.2, 0.25) is 0 Å². The number of sulfone groups is 2. The molecule has 1 heterocycles. The highest BCUT2D eigenvalue weighted by Gasteiger charge is 2.40. The summed E-state index contributed by atoms with van der Waals surface area (Å²) in [4.78, 5) is 6.31. The SMILES string of the molecule is CN=C(NCCS(=O)(=O)c1ccccc1)N1CCS(=O)(=O)C(C)(C)C1.I. The van der Waals surface area contributed by atoms with E-state index < -0.39 is 24.4 Å². The summed E-state index contributed by atoms with van der Waals surface area (Å²) in [5.74, 6) is 0.514. The van der Waals surface area contributed by atoms with Crippen molar-refractivity contribution in [2.24, 2.45) is 4.99 Å². The van der Waals surface area contributed by atoms with E-state index in [1.165, 1.54) is 0 Å². The van der Waals surface area contributed by atoms with E-state index in [1.807, 2.05) is 4.90 Å². The summed E-state index contributed by atoms with van der Waals surface area (Å²) in [6, 6.07) is 8.29. The Bertz CT molecular complexity index is 838. The molecule has 1 saturated heterocycles. The van der Waals surface area contributed by atoms with E-state index in [9.17, 15) is 16.8 Å². The fourth-order valence-electron chi connectivity index (χ4n) is 2.70. The third-order valence-corrected chi connectivity index (χ3v) is 8.58. The van der Waals surface area contributed by atoms with Gasteiger partial charge in [-0.05, 0) is 26.0 Å². The van der Waals surface area contributed by atoms with Crippen molar-refractivity contribution in [3.63, 3.8) is 0 Å². The number of nitrogens with one attached hydrogen (secondary N) is 1. The lowest BCUT2D eigenvalue weighted by Crippen LogP contribution is -2.57. The minimum absolute atomic E-state index is 0. The van der Waals surface area contributed by atoms with E-state index in [0.717, 1.165) is 0 Å². The summed E-state index contributed by atoms with van der Waals surface area (Å²) in [5.41, 5.74) is 0. The standard InChI is InChI=1S/C16H25N3O4S2.HI/c1-16(2)13-19(10-12-25(16,22)23)15(17-3)18-9-11-24(20,21)14-7-5-4-6-8-14;/h4-8H,9-13H2,1-3H3,(H,17,18);1H. The predicted octanol–water partition coefficient (Wildman–Crippen LogP) is 1.16. The van der Waals surface area contributed by atoms with Crippen LogP contribution in [0.4, 0.5) is 0 Å². The molecule has 26 heavy (non-hydrogen) atoms. The average molecular weight is 515 g/mol. The van der Waals surface area contributed by atoms with Crippen LogP contribution in [0.25, 0.3) is 0 Å². The van der Waals surface area contributed by atoms with Gasteiger partial charge in [0.1, 0.15) is 0 Å². The summed E-state index contributed by atoms with van der Waals surface area (Å²) in [7, 11) is -4.90. The number of rotatable bonds is 4. The average Bonchev–Trinajstić information content (AvgIpc) is 2.55.